The number of halogens is 1. The first-order valence-corrected chi connectivity index (χ1v) is 12.6. The van der Waals surface area contributed by atoms with E-state index in [-0.39, 0.29) is 11.4 Å². The molecule has 1 aliphatic rings. The second kappa shape index (κ2) is 8.74. The SMILES string of the molecule is Cc1ccc(S(=O)(=O)NCCNc2nc(C3CC3)nc3c2cnn3-c2cccc(Cl)c2)cc1. The summed E-state index contributed by atoms with van der Waals surface area (Å²) >= 11 is 6.17. The second-order valence-electron chi connectivity index (χ2n) is 8.12. The lowest BCUT2D eigenvalue weighted by Gasteiger charge is -2.11. The predicted molar refractivity (Wildman–Crippen MR) is 129 cm³/mol. The van der Waals surface area contributed by atoms with Crippen LogP contribution in [0, 0.1) is 6.92 Å². The third kappa shape index (κ3) is 4.71. The number of anilines is 1. The number of hydrogen-bond donors (Lipinski definition) is 2. The van der Waals surface area contributed by atoms with Crippen molar-refractivity contribution in [3.05, 3.63) is 71.1 Å². The maximum absolute atomic E-state index is 12.5. The largest absolute Gasteiger partial charge is 0.368 e. The minimum absolute atomic E-state index is 0.211. The van der Waals surface area contributed by atoms with E-state index in [0.717, 1.165) is 35.3 Å². The molecular weight excluding hydrogens is 460 g/mol. The number of sulfonamides is 1. The van der Waals surface area contributed by atoms with Crippen molar-refractivity contribution in [1.29, 1.82) is 0 Å². The lowest BCUT2D eigenvalue weighted by Crippen LogP contribution is -2.29. The molecule has 2 N–H and O–H groups in total. The fourth-order valence-electron chi connectivity index (χ4n) is 3.55. The van der Waals surface area contributed by atoms with E-state index in [2.05, 4.69) is 15.1 Å². The molecule has 2 aromatic carbocycles. The zero-order valence-corrected chi connectivity index (χ0v) is 19.6. The third-order valence-electron chi connectivity index (χ3n) is 5.48. The summed E-state index contributed by atoms with van der Waals surface area (Å²) in [5.74, 6) is 1.76. The molecule has 0 atom stereocenters. The van der Waals surface area contributed by atoms with Gasteiger partial charge in [0.05, 0.1) is 22.2 Å². The van der Waals surface area contributed by atoms with Crippen molar-refractivity contribution in [1.82, 2.24) is 24.5 Å². The smallest absolute Gasteiger partial charge is 0.240 e. The van der Waals surface area contributed by atoms with Crippen LogP contribution in [0.5, 0.6) is 0 Å². The topological polar surface area (TPSA) is 102 Å². The van der Waals surface area contributed by atoms with Gasteiger partial charge in [0, 0.05) is 24.0 Å². The van der Waals surface area contributed by atoms with Gasteiger partial charge in [-0.05, 0) is 50.1 Å². The molecule has 1 saturated carbocycles. The predicted octanol–water partition coefficient (Wildman–Crippen LogP) is 4.05. The van der Waals surface area contributed by atoms with Crippen LogP contribution in [0.2, 0.25) is 5.02 Å². The summed E-state index contributed by atoms with van der Waals surface area (Å²) in [7, 11) is -3.57. The van der Waals surface area contributed by atoms with Gasteiger partial charge >= 0.3 is 0 Å². The first-order valence-electron chi connectivity index (χ1n) is 10.7. The molecule has 33 heavy (non-hydrogen) atoms. The summed E-state index contributed by atoms with van der Waals surface area (Å²) in [6.45, 7) is 2.49. The van der Waals surface area contributed by atoms with Crippen molar-refractivity contribution < 1.29 is 8.42 Å². The van der Waals surface area contributed by atoms with Gasteiger partial charge in [0.1, 0.15) is 11.6 Å². The van der Waals surface area contributed by atoms with E-state index in [0.29, 0.717) is 29.0 Å². The molecule has 0 radical (unpaired) electrons. The van der Waals surface area contributed by atoms with E-state index in [1.807, 2.05) is 31.2 Å². The van der Waals surface area contributed by atoms with Crippen LogP contribution in [0.3, 0.4) is 0 Å². The Morgan fingerprint density at radius 3 is 2.61 bits per heavy atom. The molecule has 0 amide bonds. The monoisotopic (exact) mass is 482 g/mol. The number of hydrogen-bond acceptors (Lipinski definition) is 6. The highest BCUT2D eigenvalue weighted by Crippen LogP contribution is 2.39. The van der Waals surface area contributed by atoms with Gasteiger partial charge in [-0.15, -0.1) is 0 Å². The lowest BCUT2D eigenvalue weighted by atomic mass is 10.2. The van der Waals surface area contributed by atoms with E-state index in [9.17, 15) is 8.42 Å². The van der Waals surface area contributed by atoms with Crippen molar-refractivity contribution in [3.8, 4) is 5.69 Å². The Hall–Kier alpha value is -3.01. The van der Waals surface area contributed by atoms with Crippen LogP contribution in [0.25, 0.3) is 16.7 Å². The van der Waals surface area contributed by atoms with E-state index in [1.54, 1.807) is 35.1 Å². The second-order valence-corrected chi connectivity index (χ2v) is 10.3. The van der Waals surface area contributed by atoms with Gasteiger partial charge in [-0.25, -0.2) is 27.8 Å². The minimum atomic E-state index is -3.57. The van der Waals surface area contributed by atoms with Crippen LogP contribution < -0.4 is 10.0 Å². The molecule has 4 aromatic rings. The summed E-state index contributed by atoms with van der Waals surface area (Å²) in [5.41, 5.74) is 2.51. The first-order chi connectivity index (χ1) is 15.9. The molecule has 2 aromatic heterocycles. The van der Waals surface area contributed by atoms with Gasteiger partial charge in [0.15, 0.2) is 5.65 Å². The Bertz CT molecular complexity index is 1410. The Labute approximate surface area is 197 Å². The standard InChI is InChI=1S/C23H23ClN6O2S/c1-15-5-9-19(10-6-15)33(31,32)27-12-11-25-22-20-14-26-30(18-4-2-3-17(24)13-18)23(20)29-21(28-22)16-7-8-16/h2-6,9-10,13-14,16,27H,7-8,11-12H2,1H3,(H,25,28,29). The number of benzene rings is 2. The third-order valence-corrected chi connectivity index (χ3v) is 7.19. The van der Waals surface area contributed by atoms with Gasteiger partial charge in [0.25, 0.3) is 0 Å². The normalized spacial score (nSPS) is 14.0. The van der Waals surface area contributed by atoms with Gasteiger partial charge in [0.2, 0.25) is 10.0 Å². The summed E-state index contributed by atoms with van der Waals surface area (Å²) in [6, 6.07) is 14.2. The van der Waals surface area contributed by atoms with Crippen LogP contribution >= 0.6 is 11.6 Å². The summed E-state index contributed by atoms with van der Waals surface area (Å²) in [4.78, 5) is 9.73. The number of nitrogens with one attached hydrogen (secondary N) is 2. The molecule has 1 fully saturated rings. The van der Waals surface area contributed by atoms with E-state index in [1.165, 1.54) is 0 Å². The fourth-order valence-corrected chi connectivity index (χ4v) is 4.76. The first kappa shape index (κ1) is 21.8. The van der Waals surface area contributed by atoms with E-state index in [4.69, 9.17) is 21.6 Å². The highest BCUT2D eigenvalue weighted by Gasteiger charge is 2.28. The fraction of sp³-hybridized carbons (Fsp3) is 0.261. The molecule has 0 saturated heterocycles. The molecule has 1 aliphatic carbocycles. The molecule has 170 valence electrons. The maximum Gasteiger partial charge on any atom is 0.240 e. The zero-order chi connectivity index (χ0) is 23.0. The summed E-state index contributed by atoms with van der Waals surface area (Å²) in [5, 5.41) is 9.15. The molecule has 0 unspecified atom stereocenters. The minimum Gasteiger partial charge on any atom is -0.368 e. The Morgan fingerprint density at radius 2 is 1.88 bits per heavy atom. The van der Waals surface area contributed by atoms with Crippen LogP contribution in [0.15, 0.2) is 59.6 Å². The van der Waals surface area contributed by atoms with Crippen LogP contribution in [-0.2, 0) is 10.0 Å². The van der Waals surface area contributed by atoms with Crippen molar-refractivity contribution in [2.24, 2.45) is 0 Å². The highest BCUT2D eigenvalue weighted by molar-refractivity contribution is 7.89. The molecule has 10 heteroatoms. The molecule has 8 nitrogen and oxygen atoms in total. The maximum atomic E-state index is 12.5. The van der Waals surface area contributed by atoms with E-state index >= 15 is 0 Å². The van der Waals surface area contributed by atoms with Crippen LogP contribution in [0.4, 0.5) is 5.82 Å². The molecule has 5 rings (SSSR count). The van der Waals surface area contributed by atoms with Gasteiger partial charge in [-0.2, -0.15) is 5.10 Å². The van der Waals surface area contributed by atoms with Crippen molar-refractivity contribution >= 4 is 38.5 Å². The van der Waals surface area contributed by atoms with E-state index < -0.39 is 10.0 Å². The highest BCUT2D eigenvalue weighted by atomic mass is 35.5. The number of aromatic nitrogens is 4. The Balaban J connectivity index is 1.36. The number of rotatable bonds is 8. The van der Waals surface area contributed by atoms with Crippen LogP contribution in [0.1, 0.15) is 30.1 Å². The average molecular weight is 483 g/mol. The molecule has 0 spiro atoms. The Morgan fingerprint density at radius 1 is 1.09 bits per heavy atom. The number of aryl methyl sites for hydroxylation is 1. The molecular formula is C23H23ClN6O2S. The van der Waals surface area contributed by atoms with Crippen molar-refractivity contribution in [2.75, 3.05) is 18.4 Å². The summed E-state index contributed by atoms with van der Waals surface area (Å²) < 4.78 is 29.4. The van der Waals surface area contributed by atoms with Gasteiger partial charge in [-0.1, -0.05) is 35.4 Å². The lowest BCUT2D eigenvalue weighted by molar-refractivity contribution is 0.583. The summed E-state index contributed by atoms with van der Waals surface area (Å²) in [6.07, 6.45) is 3.84. The van der Waals surface area contributed by atoms with Crippen molar-refractivity contribution in [2.45, 2.75) is 30.6 Å². The van der Waals surface area contributed by atoms with Crippen molar-refractivity contribution in [3.63, 3.8) is 0 Å². The zero-order valence-electron chi connectivity index (χ0n) is 18.0. The average Bonchev–Trinajstić information content (AvgIpc) is 3.56. The van der Waals surface area contributed by atoms with Gasteiger partial charge in [-0.3, -0.25) is 0 Å². The molecule has 0 aliphatic heterocycles. The quantitative estimate of drug-likeness (QED) is 0.367. The number of nitrogens with zero attached hydrogens (tertiary/aromatic N) is 4. The molecule has 2 heterocycles. The van der Waals surface area contributed by atoms with Gasteiger partial charge < -0.3 is 5.32 Å². The van der Waals surface area contributed by atoms with Crippen LogP contribution in [-0.4, -0.2) is 41.3 Å². The molecule has 0 bridgehead atoms. The number of fused-ring (bicyclic) bond motifs is 1. The Kier molecular flexibility index (Phi) is 5.77.